The number of aliphatic hydroxyl groups is 1. The van der Waals surface area contributed by atoms with E-state index in [0.29, 0.717) is 6.54 Å². The van der Waals surface area contributed by atoms with Crippen molar-refractivity contribution in [2.75, 3.05) is 6.54 Å². The largest absolute Gasteiger partial charge is 0.392 e. The monoisotopic (exact) mass is 157 g/mol. The molecule has 2 heteroatoms. The third-order valence-corrected chi connectivity index (χ3v) is 2.97. The molecule has 1 unspecified atom stereocenters. The molecule has 3 N–H and O–H groups in total. The van der Waals surface area contributed by atoms with Gasteiger partial charge in [0.2, 0.25) is 0 Å². The normalized spacial score (nSPS) is 24.8. The SMILES string of the molecule is CC(C)(CN)C(O)C1(C)CC1. The van der Waals surface area contributed by atoms with Gasteiger partial charge in [0, 0.05) is 5.41 Å². The molecule has 1 fully saturated rings. The van der Waals surface area contributed by atoms with Gasteiger partial charge in [0.1, 0.15) is 0 Å². The van der Waals surface area contributed by atoms with Crippen molar-refractivity contribution in [1.29, 1.82) is 0 Å². The van der Waals surface area contributed by atoms with Crippen molar-refractivity contribution in [3.8, 4) is 0 Å². The molecule has 0 aromatic heterocycles. The number of rotatable bonds is 3. The lowest BCUT2D eigenvalue weighted by atomic mass is 9.78. The molecule has 0 saturated heterocycles. The topological polar surface area (TPSA) is 46.2 Å². The van der Waals surface area contributed by atoms with Crippen LogP contribution in [0.25, 0.3) is 0 Å². The second kappa shape index (κ2) is 2.46. The predicted octanol–water partition coefficient (Wildman–Crippen LogP) is 1.13. The quantitative estimate of drug-likeness (QED) is 0.645. The first-order chi connectivity index (χ1) is 4.92. The zero-order valence-corrected chi connectivity index (χ0v) is 7.72. The van der Waals surface area contributed by atoms with Gasteiger partial charge < -0.3 is 10.8 Å². The van der Waals surface area contributed by atoms with Crippen molar-refractivity contribution >= 4 is 0 Å². The van der Waals surface area contributed by atoms with Gasteiger partial charge in [-0.1, -0.05) is 20.8 Å². The molecule has 0 aliphatic heterocycles. The zero-order chi connectivity index (χ0) is 8.70. The minimum atomic E-state index is -0.236. The van der Waals surface area contributed by atoms with Gasteiger partial charge in [-0.15, -0.1) is 0 Å². The highest BCUT2D eigenvalue weighted by Gasteiger charge is 2.49. The van der Waals surface area contributed by atoms with Gasteiger partial charge in [-0.05, 0) is 24.8 Å². The van der Waals surface area contributed by atoms with Crippen molar-refractivity contribution in [2.24, 2.45) is 16.6 Å². The van der Waals surface area contributed by atoms with Gasteiger partial charge >= 0.3 is 0 Å². The van der Waals surface area contributed by atoms with Crippen molar-refractivity contribution in [1.82, 2.24) is 0 Å². The van der Waals surface area contributed by atoms with E-state index < -0.39 is 0 Å². The first-order valence-corrected chi connectivity index (χ1v) is 4.30. The van der Waals surface area contributed by atoms with Gasteiger partial charge in [0.15, 0.2) is 0 Å². The smallest absolute Gasteiger partial charge is 0.0656 e. The van der Waals surface area contributed by atoms with Gasteiger partial charge in [0.05, 0.1) is 6.10 Å². The summed E-state index contributed by atoms with van der Waals surface area (Å²) in [6.45, 7) is 6.75. The molecule has 1 aliphatic rings. The van der Waals surface area contributed by atoms with E-state index in [1.54, 1.807) is 0 Å². The summed E-state index contributed by atoms with van der Waals surface area (Å²) in [5.41, 5.74) is 5.62. The van der Waals surface area contributed by atoms with E-state index in [-0.39, 0.29) is 16.9 Å². The van der Waals surface area contributed by atoms with Gasteiger partial charge in [0.25, 0.3) is 0 Å². The number of nitrogens with two attached hydrogens (primary N) is 1. The minimum Gasteiger partial charge on any atom is -0.392 e. The van der Waals surface area contributed by atoms with E-state index in [0.717, 1.165) is 12.8 Å². The number of hydrogen-bond donors (Lipinski definition) is 2. The minimum absolute atomic E-state index is 0.120. The lowest BCUT2D eigenvalue weighted by Crippen LogP contribution is -2.41. The van der Waals surface area contributed by atoms with Crippen LogP contribution in [0.1, 0.15) is 33.6 Å². The molecule has 0 aromatic carbocycles. The lowest BCUT2D eigenvalue weighted by Gasteiger charge is -2.33. The summed E-state index contributed by atoms with van der Waals surface area (Å²) in [6, 6.07) is 0. The third kappa shape index (κ3) is 1.57. The Kier molecular flexibility index (Phi) is 2.01. The summed E-state index contributed by atoms with van der Waals surface area (Å²) in [5.74, 6) is 0. The van der Waals surface area contributed by atoms with Crippen molar-refractivity contribution in [3.63, 3.8) is 0 Å². The second-order valence-corrected chi connectivity index (χ2v) is 4.75. The molecule has 1 atom stereocenters. The predicted molar refractivity (Wildman–Crippen MR) is 46.2 cm³/mol. The fourth-order valence-electron chi connectivity index (χ4n) is 1.53. The standard InChI is InChI=1S/C9H19NO/c1-8(2,6-10)7(11)9(3)4-5-9/h7,11H,4-6,10H2,1-3H3. The third-order valence-electron chi connectivity index (χ3n) is 2.97. The van der Waals surface area contributed by atoms with E-state index in [9.17, 15) is 5.11 Å². The fraction of sp³-hybridized carbons (Fsp3) is 1.00. The second-order valence-electron chi connectivity index (χ2n) is 4.75. The van der Waals surface area contributed by atoms with E-state index >= 15 is 0 Å². The first-order valence-electron chi connectivity index (χ1n) is 4.30. The highest BCUT2D eigenvalue weighted by atomic mass is 16.3. The Morgan fingerprint density at radius 3 is 2.27 bits per heavy atom. The van der Waals surface area contributed by atoms with Gasteiger partial charge in [-0.25, -0.2) is 0 Å². The van der Waals surface area contributed by atoms with Crippen molar-refractivity contribution in [3.05, 3.63) is 0 Å². The maximum Gasteiger partial charge on any atom is 0.0656 e. The van der Waals surface area contributed by atoms with Crippen molar-refractivity contribution < 1.29 is 5.11 Å². The first kappa shape index (κ1) is 9.01. The van der Waals surface area contributed by atoms with Crippen LogP contribution < -0.4 is 5.73 Å². The molecular weight excluding hydrogens is 138 g/mol. The highest BCUT2D eigenvalue weighted by Crippen LogP contribution is 2.52. The Morgan fingerprint density at radius 1 is 1.55 bits per heavy atom. The average molecular weight is 157 g/mol. The molecule has 0 radical (unpaired) electrons. The lowest BCUT2D eigenvalue weighted by molar-refractivity contribution is 0.00117. The zero-order valence-electron chi connectivity index (χ0n) is 7.72. The van der Waals surface area contributed by atoms with Gasteiger partial charge in [-0.3, -0.25) is 0 Å². The summed E-state index contributed by atoms with van der Waals surface area (Å²) in [7, 11) is 0. The molecule has 66 valence electrons. The van der Waals surface area contributed by atoms with Crippen LogP contribution in [0.15, 0.2) is 0 Å². The van der Waals surface area contributed by atoms with Crippen LogP contribution in [0.4, 0.5) is 0 Å². The summed E-state index contributed by atoms with van der Waals surface area (Å²) >= 11 is 0. The molecule has 1 rings (SSSR count). The molecule has 0 aromatic rings. The molecule has 0 bridgehead atoms. The molecule has 2 nitrogen and oxygen atoms in total. The molecule has 0 heterocycles. The molecule has 1 aliphatic carbocycles. The summed E-state index contributed by atoms with van der Waals surface area (Å²) in [6.07, 6.45) is 2.06. The Balaban J connectivity index is 2.59. The summed E-state index contributed by atoms with van der Waals surface area (Å²) < 4.78 is 0. The molecule has 0 spiro atoms. The van der Waals surface area contributed by atoms with Crippen LogP contribution >= 0.6 is 0 Å². The van der Waals surface area contributed by atoms with Crippen molar-refractivity contribution in [2.45, 2.75) is 39.7 Å². The molecule has 0 amide bonds. The van der Waals surface area contributed by atoms with E-state index in [1.165, 1.54) is 0 Å². The Hall–Kier alpha value is -0.0800. The molecule has 11 heavy (non-hydrogen) atoms. The Labute approximate surface area is 68.8 Å². The van der Waals surface area contributed by atoms with E-state index in [2.05, 4.69) is 6.92 Å². The molecular formula is C9H19NO. The fourth-order valence-corrected chi connectivity index (χ4v) is 1.53. The Bertz CT molecular complexity index is 150. The van der Waals surface area contributed by atoms with Crippen LogP contribution in [0.5, 0.6) is 0 Å². The van der Waals surface area contributed by atoms with E-state index in [1.807, 2.05) is 13.8 Å². The maximum atomic E-state index is 9.90. The van der Waals surface area contributed by atoms with Crippen LogP contribution in [0, 0.1) is 10.8 Å². The highest BCUT2D eigenvalue weighted by molar-refractivity contribution is 5.00. The molecule has 1 saturated carbocycles. The summed E-state index contributed by atoms with van der Waals surface area (Å²) in [4.78, 5) is 0. The van der Waals surface area contributed by atoms with Gasteiger partial charge in [-0.2, -0.15) is 0 Å². The summed E-state index contributed by atoms with van der Waals surface area (Å²) in [5, 5.41) is 9.90. The van der Waals surface area contributed by atoms with Crippen LogP contribution in [-0.2, 0) is 0 Å². The van der Waals surface area contributed by atoms with Crippen LogP contribution in [0.3, 0.4) is 0 Å². The number of aliphatic hydroxyl groups excluding tert-OH is 1. The number of hydrogen-bond acceptors (Lipinski definition) is 2. The maximum absolute atomic E-state index is 9.90. The Morgan fingerprint density at radius 2 is 2.00 bits per heavy atom. The van der Waals surface area contributed by atoms with Crippen LogP contribution in [-0.4, -0.2) is 17.8 Å². The van der Waals surface area contributed by atoms with E-state index in [4.69, 9.17) is 5.73 Å². The van der Waals surface area contributed by atoms with Crippen LogP contribution in [0.2, 0.25) is 0 Å². The average Bonchev–Trinajstić information content (AvgIpc) is 2.68.